The molecule has 0 aliphatic heterocycles. The van der Waals surface area contributed by atoms with E-state index >= 15 is 0 Å². The van der Waals surface area contributed by atoms with Crippen LogP contribution >= 0.6 is 0 Å². The van der Waals surface area contributed by atoms with E-state index in [4.69, 9.17) is 4.98 Å². The first-order valence-corrected chi connectivity index (χ1v) is 10.6. The summed E-state index contributed by atoms with van der Waals surface area (Å²) >= 11 is 0. The molecule has 0 aliphatic rings. The summed E-state index contributed by atoms with van der Waals surface area (Å²) in [5.41, 5.74) is 9.36. The maximum Gasteiger partial charge on any atom is 0.0771 e. The van der Waals surface area contributed by atoms with Crippen LogP contribution in [-0.2, 0) is 20.1 Å². The molecular weight excluding hydrogens is 569 g/mol. The van der Waals surface area contributed by atoms with Crippen molar-refractivity contribution in [3.8, 4) is 22.4 Å². The normalized spacial score (nSPS) is 11.2. The molecule has 0 spiro atoms. The molecule has 2 aromatic heterocycles. The third kappa shape index (κ3) is 3.17. The Morgan fingerprint density at radius 2 is 1.53 bits per heavy atom. The van der Waals surface area contributed by atoms with Gasteiger partial charge in [0, 0.05) is 37.4 Å². The number of imidazole rings is 1. The molecule has 157 valence electrons. The molecule has 2 nitrogen and oxygen atoms in total. The van der Waals surface area contributed by atoms with E-state index in [1.54, 1.807) is 0 Å². The van der Waals surface area contributed by atoms with Crippen LogP contribution in [0.2, 0.25) is 0 Å². The Morgan fingerprint density at radius 3 is 2.31 bits per heavy atom. The van der Waals surface area contributed by atoms with Gasteiger partial charge in [-0.1, -0.05) is 66.0 Å². The fraction of sp³-hybridized carbons (Fsp3) is 0.0690. The van der Waals surface area contributed by atoms with Crippen molar-refractivity contribution in [1.82, 2.24) is 9.38 Å². The van der Waals surface area contributed by atoms with Crippen LogP contribution in [0.4, 0.5) is 0 Å². The first kappa shape index (κ1) is 20.6. The Labute approximate surface area is 200 Å². The van der Waals surface area contributed by atoms with E-state index in [0.717, 1.165) is 27.8 Å². The molecule has 0 fully saturated rings. The van der Waals surface area contributed by atoms with Gasteiger partial charge in [-0.25, -0.2) is 0 Å². The maximum atomic E-state index is 5.00. The predicted octanol–water partition coefficient (Wildman–Crippen LogP) is 7.39. The van der Waals surface area contributed by atoms with Gasteiger partial charge in [0.05, 0.1) is 11.3 Å². The van der Waals surface area contributed by atoms with Gasteiger partial charge in [0.25, 0.3) is 0 Å². The van der Waals surface area contributed by atoms with Gasteiger partial charge in [0.1, 0.15) is 0 Å². The molecule has 4 aromatic carbocycles. The van der Waals surface area contributed by atoms with Gasteiger partial charge in [0.2, 0.25) is 0 Å². The molecule has 0 bridgehead atoms. The zero-order valence-electron chi connectivity index (χ0n) is 17.9. The maximum absolute atomic E-state index is 5.00. The molecule has 0 amide bonds. The number of hydrogen-bond acceptors (Lipinski definition) is 1. The van der Waals surface area contributed by atoms with E-state index < -0.39 is 0 Å². The minimum absolute atomic E-state index is 0. The molecule has 32 heavy (non-hydrogen) atoms. The molecule has 0 aliphatic carbocycles. The van der Waals surface area contributed by atoms with E-state index in [2.05, 4.69) is 103 Å². The summed E-state index contributed by atoms with van der Waals surface area (Å²) in [4.78, 5) is 5.00. The SMILES string of the molecule is Cc1cccc(C)c1-c1ccc2c(c1)c1ccc[c-]c1c1nc(-c3ccccc3)cn21.[Ir]. The Balaban J connectivity index is 0.00000216. The standard InChI is InChI=1S/C29H21N2.Ir/c1-19-9-8-10-20(2)28(19)22-15-16-27-25(17-22)23-13-6-7-14-24(23)29-30-26(18-31(27)29)21-11-4-3-5-12-21;/h3-13,15-18H,1-2H3;/q-1;. The number of aryl methyl sites for hydroxylation is 2. The summed E-state index contributed by atoms with van der Waals surface area (Å²) in [6.45, 7) is 4.37. The van der Waals surface area contributed by atoms with Crippen LogP contribution < -0.4 is 0 Å². The van der Waals surface area contributed by atoms with Crippen molar-refractivity contribution in [1.29, 1.82) is 0 Å². The van der Waals surface area contributed by atoms with Crippen LogP contribution in [0.3, 0.4) is 0 Å². The number of rotatable bonds is 2. The fourth-order valence-corrected chi connectivity index (χ4v) is 4.72. The number of hydrogen-bond donors (Lipinski definition) is 0. The van der Waals surface area contributed by atoms with Crippen LogP contribution in [0, 0.1) is 19.9 Å². The minimum atomic E-state index is 0. The second-order valence-corrected chi connectivity index (χ2v) is 8.14. The van der Waals surface area contributed by atoms with Crippen molar-refractivity contribution in [2.24, 2.45) is 0 Å². The van der Waals surface area contributed by atoms with Crippen LogP contribution in [-0.4, -0.2) is 9.38 Å². The van der Waals surface area contributed by atoms with Crippen molar-refractivity contribution in [2.45, 2.75) is 13.8 Å². The van der Waals surface area contributed by atoms with Crippen molar-refractivity contribution in [3.05, 3.63) is 108 Å². The molecule has 0 saturated heterocycles. The Hall–Kier alpha value is -3.26. The minimum Gasteiger partial charge on any atom is -0.339 e. The largest absolute Gasteiger partial charge is 0.339 e. The van der Waals surface area contributed by atoms with Crippen LogP contribution in [0.1, 0.15) is 11.1 Å². The van der Waals surface area contributed by atoms with Crippen molar-refractivity contribution in [3.63, 3.8) is 0 Å². The van der Waals surface area contributed by atoms with E-state index in [-0.39, 0.29) is 20.1 Å². The third-order valence-electron chi connectivity index (χ3n) is 6.17. The number of fused-ring (bicyclic) bond motifs is 6. The van der Waals surface area contributed by atoms with E-state index in [1.807, 2.05) is 12.1 Å². The summed E-state index contributed by atoms with van der Waals surface area (Å²) in [5, 5.41) is 3.45. The van der Waals surface area contributed by atoms with Crippen molar-refractivity contribution in [2.75, 3.05) is 0 Å². The molecule has 0 N–H and O–H groups in total. The topological polar surface area (TPSA) is 17.3 Å². The average Bonchev–Trinajstić information content (AvgIpc) is 3.26. The van der Waals surface area contributed by atoms with Crippen molar-refractivity contribution < 1.29 is 20.1 Å². The molecule has 0 saturated carbocycles. The number of aromatic nitrogens is 2. The van der Waals surface area contributed by atoms with Gasteiger partial charge in [-0.15, -0.1) is 29.7 Å². The van der Waals surface area contributed by atoms with E-state index in [9.17, 15) is 0 Å². The molecule has 2 heterocycles. The van der Waals surface area contributed by atoms with Gasteiger partial charge in [-0.2, -0.15) is 0 Å². The van der Waals surface area contributed by atoms with Crippen molar-refractivity contribution >= 4 is 27.3 Å². The second-order valence-electron chi connectivity index (χ2n) is 8.14. The molecule has 6 rings (SSSR count). The number of pyridine rings is 1. The quantitative estimate of drug-likeness (QED) is 0.152. The van der Waals surface area contributed by atoms with E-state index in [0.29, 0.717) is 0 Å². The average molecular weight is 590 g/mol. The molecular formula is C29H21IrN2-. The number of nitrogens with zero attached hydrogens (tertiary/aromatic N) is 2. The van der Waals surface area contributed by atoms with Crippen LogP contribution in [0.5, 0.6) is 0 Å². The fourth-order valence-electron chi connectivity index (χ4n) is 4.72. The summed E-state index contributed by atoms with van der Waals surface area (Å²) in [6.07, 6.45) is 2.14. The van der Waals surface area contributed by atoms with Gasteiger partial charge in [-0.05, 0) is 47.6 Å². The molecule has 6 aromatic rings. The zero-order chi connectivity index (χ0) is 20.9. The zero-order valence-corrected chi connectivity index (χ0v) is 20.3. The smallest absolute Gasteiger partial charge is 0.0771 e. The van der Waals surface area contributed by atoms with Gasteiger partial charge in [0.15, 0.2) is 0 Å². The Bertz CT molecular complexity index is 1580. The molecule has 0 unspecified atom stereocenters. The monoisotopic (exact) mass is 590 g/mol. The summed E-state index contributed by atoms with van der Waals surface area (Å²) in [5.74, 6) is 0. The molecule has 3 heteroatoms. The van der Waals surface area contributed by atoms with Crippen LogP contribution in [0.15, 0.2) is 91.1 Å². The van der Waals surface area contributed by atoms with Gasteiger partial charge >= 0.3 is 0 Å². The molecule has 1 radical (unpaired) electrons. The Morgan fingerprint density at radius 1 is 0.750 bits per heavy atom. The summed E-state index contributed by atoms with van der Waals surface area (Å²) < 4.78 is 2.21. The summed E-state index contributed by atoms with van der Waals surface area (Å²) in [6, 6.07) is 33.3. The first-order valence-electron chi connectivity index (χ1n) is 10.6. The second kappa shape index (κ2) is 8.02. The van der Waals surface area contributed by atoms with E-state index in [1.165, 1.54) is 33.0 Å². The van der Waals surface area contributed by atoms with Crippen LogP contribution in [0.25, 0.3) is 49.7 Å². The summed E-state index contributed by atoms with van der Waals surface area (Å²) in [7, 11) is 0. The van der Waals surface area contributed by atoms with Gasteiger partial charge in [-0.3, -0.25) is 4.98 Å². The Kier molecular flexibility index (Phi) is 5.17. The predicted molar refractivity (Wildman–Crippen MR) is 129 cm³/mol. The first-order chi connectivity index (χ1) is 15.2. The van der Waals surface area contributed by atoms with Gasteiger partial charge < -0.3 is 4.40 Å². The number of benzene rings is 4. The third-order valence-corrected chi connectivity index (χ3v) is 6.17. The molecule has 0 atom stereocenters.